The van der Waals surface area contributed by atoms with Gasteiger partial charge >= 0.3 is 0 Å². The van der Waals surface area contributed by atoms with Gasteiger partial charge in [0.05, 0.1) is 0 Å². The second-order valence-electron chi connectivity index (χ2n) is 7.04. The molecule has 1 atom stereocenters. The molecule has 1 nitrogen and oxygen atoms in total. The van der Waals surface area contributed by atoms with E-state index in [9.17, 15) is 0 Å². The van der Waals surface area contributed by atoms with Crippen LogP contribution in [0.3, 0.4) is 0 Å². The third-order valence-electron chi connectivity index (χ3n) is 4.15. The van der Waals surface area contributed by atoms with Crippen LogP contribution in [0.5, 0.6) is 0 Å². The molecule has 2 rings (SSSR count). The molecular formula is C20H29N. The van der Waals surface area contributed by atoms with Crippen molar-refractivity contribution in [1.82, 2.24) is 5.32 Å². The number of hydrogen-bond donors (Lipinski definition) is 1. The Kier molecular flexibility index (Phi) is 5.41. The first-order valence-electron chi connectivity index (χ1n) is 8.22. The lowest BCUT2D eigenvalue weighted by atomic mass is 9.79. The van der Waals surface area contributed by atoms with E-state index in [1.54, 1.807) is 0 Å². The van der Waals surface area contributed by atoms with Crippen molar-refractivity contribution in [1.29, 1.82) is 0 Å². The fraction of sp³-hybridized carbons (Fsp3) is 0.500. The molecule has 0 amide bonds. The lowest BCUT2D eigenvalue weighted by Crippen LogP contribution is -2.32. The van der Waals surface area contributed by atoms with E-state index in [2.05, 4.69) is 75.5 Å². The van der Waals surface area contributed by atoms with Crippen molar-refractivity contribution in [3.05, 3.63) is 48.0 Å². The molecule has 0 spiro atoms. The zero-order valence-corrected chi connectivity index (χ0v) is 13.9. The van der Waals surface area contributed by atoms with Crippen LogP contribution in [-0.2, 0) is 6.42 Å². The van der Waals surface area contributed by atoms with Crippen molar-refractivity contribution in [3.63, 3.8) is 0 Å². The summed E-state index contributed by atoms with van der Waals surface area (Å²) in [6.07, 6.45) is 3.54. The summed E-state index contributed by atoms with van der Waals surface area (Å²) in [5.41, 5.74) is 1.78. The summed E-state index contributed by atoms with van der Waals surface area (Å²) in [6.45, 7) is 10.4. The molecule has 0 saturated heterocycles. The highest BCUT2D eigenvalue weighted by atomic mass is 14.9. The molecule has 2 aromatic rings. The van der Waals surface area contributed by atoms with Crippen molar-refractivity contribution in [2.75, 3.05) is 6.54 Å². The lowest BCUT2D eigenvalue weighted by Gasteiger charge is -2.29. The summed E-state index contributed by atoms with van der Waals surface area (Å²) in [5, 5.41) is 6.37. The van der Waals surface area contributed by atoms with Crippen molar-refractivity contribution < 1.29 is 0 Å². The van der Waals surface area contributed by atoms with Gasteiger partial charge in [-0.1, -0.05) is 63.2 Å². The fourth-order valence-corrected chi connectivity index (χ4v) is 3.33. The lowest BCUT2D eigenvalue weighted by molar-refractivity contribution is 0.288. The van der Waals surface area contributed by atoms with E-state index in [-0.39, 0.29) is 0 Å². The van der Waals surface area contributed by atoms with Crippen LogP contribution in [0.25, 0.3) is 10.8 Å². The first-order chi connectivity index (χ1) is 10.0. The molecule has 0 aliphatic rings. The Balaban J connectivity index is 2.11. The number of fused-ring (bicyclic) bond motifs is 1. The average molecular weight is 283 g/mol. The van der Waals surface area contributed by atoms with E-state index in [0.717, 1.165) is 13.0 Å². The van der Waals surface area contributed by atoms with E-state index in [4.69, 9.17) is 0 Å². The van der Waals surface area contributed by atoms with Crippen LogP contribution in [-0.4, -0.2) is 12.6 Å². The van der Waals surface area contributed by atoms with Crippen LogP contribution in [0.15, 0.2) is 42.5 Å². The number of nitrogens with one attached hydrogen (secondary N) is 1. The minimum absolute atomic E-state index is 0.310. The van der Waals surface area contributed by atoms with E-state index in [0.29, 0.717) is 11.5 Å². The standard InChI is InChI=1S/C20H29N/c1-5-13-21-16(2)14-20(3,4)15-18-11-8-10-17-9-6-7-12-19(17)18/h6-12,16,21H,5,13-15H2,1-4H3. The first-order valence-corrected chi connectivity index (χ1v) is 8.22. The molecule has 0 heterocycles. The number of benzene rings is 2. The van der Waals surface area contributed by atoms with Crippen LogP contribution in [0.4, 0.5) is 0 Å². The Hall–Kier alpha value is -1.34. The van der Waals surface area contributed by atoms with E-state index in [1.165, 1.54) is 29.2 Å². The maximum atomic E-state index is 3.61. The van der Waals surface area contributed by atoms with Crippen LogP contribution >= 0.6 is 0 Å². The molecule has 1 N–H and O–H groups in total. The maximum Gasteiger partial charge on any atom is 0.00439 e. The zero-order valence-electron chi connectivity index (χ0n) is 13.9. The van der Waals surface area contributed by atoms with Gasteiger partial charge in [-0.05, 0) is 54.5 Å². The molecular weight excluding hydrogens is 254 g/mol. The smallest absolute Gasteiger partial charge is 0.00439 e. The molecule has 114 valence electrons. The molecule has 0 aromatic heterocycles. The normalized spacial score (nSPS) is 13.5. The molecule has 21 heavy (non-hydrogen) atoms. The van der Waals surface area contributed by atoms with E-state index >= 15 is 0 Å². The van der Waals surface area contributed by atoms with Crippen LogP contribution < -0.4 is 5.32 Å². The largest absolute Gasteiger partial charge is 0.314 e. The fourth-order valence-electron chi connectivity index (χ4n) is 3.33. The van der Waals surface area contributed by atoms with Crippen molar-refractivity contribution >= 4 is 10.8 Å². The van der Waals surface area contributed by atoms with Gasteiger partial charge in [-0.15, -0.1) is 0 Å². The van der Waals surface area contributed by atoms with Crippen LogP contribution in [0, 0.1) is 5.41 Å². The SMILES string of the molecule is CCCNC(C)CC(C)(C)Cc1cccc2ccccc12. The Morgan fingerprint density at radius 3 is 2.52 bits per heavy atom. The highest BCUT2D eigenvalue weighted by molar-refractivity contribution is 5.85. The van der Waals surface area contributed by atoms with Gasteiger partial charge in [0, 0.05) is 6.04 Å². The Labute approximate surface area is 129 Å². The van der Waals surface area contributed by atoms with Gasteiger partial charge in [-0.25, -0.2) is 0 Å². The molecule has 0 aliphatic carbocycles. The highest BCUT2D eigenvalue weighted by Crippen LogP contribution is 2.30. The first kappa shape index (κ1) is 16.0. The highest BCUT2D eigenvalue weighted by Gasteiger charge is 2.22. The minimum atomic E-state index is 0.310. The predicted molar refractivity (Wildman–Crippen MR) is 93.8 cm³/mol. The molecule has 0 aliphatic heterocycles. The molecule has 1 heteroatoms. The summed E-state index contributed by atoms with van der Waals surface area (Å²) in [6, 6.07) is 16.0. The molecule has 0 saturated carbocycles. The van der Waals surface area contributed by atoms with Gasteiger partial charge in [0.15, 0.2) is 0 Å². The van der Waals surface area contributed by atoms with Crippen molar-refractivity contribution in [2.24, 2.45) is 5.41 Å². The third-order valence-corrected chi connectivity index (χ3v) is 4.15. The molecule has 1 unspecified atom stereocenters. The summed E-state index contributed by atoms with van der Waals surface area (Å²) < 4.78 is 0. The number of rotatable bonds is 7. The Morgan fingerprint density at radius 1 is 1.05 bits per heavy atom. The minimum Gasteiger partial charge on any atom is -0.314 e. The van der Waals surface area contributed by atoms with Gasteiger partial charge in [0.2, 0.25) is 0 Å². The molecule has 0 fully saturated rings. The summed E-state index contributed by atoms with van der Waals surface area (Å²) >= 11 is 0. The molecule has 2 aromatic carbocycles. The van der Waals surface area contributed by atoms with Crippen LogP contribution in [0.1, 0.15) is 46.1 Å². The predicted octanol–water partition coefficient (Wildman–Crippen LogP) is 5.19. The van der Waals surface area contributed by atoms with Gasteiger partial charge in [-0.2, -0.15) is 0 Å². The van der Waals surface area contributed by atoms with Crippen molar-refractivity contribution in [3.8, 4) is 0 Å². The quantitative estimate of drug-likeness (QED) is 0.737. The second-order valence-corrected chi connectivity index (χ2v) is 7.04. The van der Waals surface area contributed by atoms with E-state index in [1.807, 2.05) is 0 Å². The number of hydrogen-bond acceptors (Lipinski definition) is 1. The summed E-state index contributed by atoms with van der Waals surface area (Å²) in [7, 11) is 0. The van der Waals surface area contributed by atoms with Gasteiger partial charge in [0.25, 0.3) is 0 Å². The van der Waals surface area contributed by atoms with Crippen molar-refractivity contribution in [2.45, 2.75) is 53.0 Å². The second kappa shape index (κ2) is 7.09. The zero-order chi connectivity index (χ0) is 15.3. The van der Waals surface area contributed by atoms with E-state index < -0.39 is 0 Å². The van der Waals surface area contributed by atoms with Gasteiger partial charge in [0.1, 0.15) is 0 Å². The third kappa shape index (κ3) is 4.57. The Bertz CT molecular complexity index is 566. The Morgan fingerprint density at radius 2 is 1.76 bits per heavy atom. The van der Waals surface area contributed by atoms with Gasteiger partial charge < -0.3 is 5.32 Å². The summed E-state index contributed by atoms with van der Waals surface area (Å²) in [5.74, 6) is 0. The molecule has 0 radical (unpaired) electrons. The molecule has 0 bridgehead atoms. The summed E-state index contributed by atoms with van der Waals surface area (Å²) in [4.78, 5) is 0. The monoisotopic (exact) mass is 283 g/mol. The average Bonchev–Trinajstić information content (AvgIpc) is 2.44. The maximum absolute atomic E-state index is 3.61. The topological polar surface area (TPSA) is 12.0 Å². The van der Waals surface area contributed by atoms with Crippen LogP contribution in [0.2, 0.25) is 0 Å². The van der Waals surface area contributed by atoms with Gasteiger partial charge in [-0.3, -0.25) is 0 Å².